The van der Waals surface area contributed by atoms with Crippen LogP contribution in [0.3, 0.4) is 0 Å². The summed E-state index contributed by atoms with van der Waals surface area (Å²) in [6, 6.07) is 6.88. The van der Waals surface area contributed by atoms with Crippen LogP contribution in [0.1, 0.15) is 37.7 Å². The zero-order valence-electron chi connectivity index (χ0n) is 12.7. The molecule has 1 aliphatic heterocycles. The summed E-state index contributed by atoms with van der Waals surface area (Å²) in [5.41, 5.74) is 0.661. The fraction of sp³-hybridized carbons (Fsp3) is 0.529. The summed E-state index contributed by atoms with van der Waals surface area (Å²) in [6.45, 7) is 2.86. The lowest BCUT2D eigenvalue weighted by Crippen LogP contribution is -2.46. The highest BCUT2D eigenvalue weighted by Gasteiger charge is 2.47. The Kier molecular flexibility index (Phi) is 4.14. The minimum atomic E-state index is -0.216. The van der Waals surface area contributed by atoms with Gasteiger partial charge in [0, 0.05) is 32.0 Å². The van der Waals surface area contributed by atoms with Gasteiger partial charge in [-0.15, -0.1) is 0 Å². The maximum atomic E-state index is 13.8. The molecule has 0 unspecified atom stereocenters. The third-order valence-corrected chi connectivity index (χ3v) is 4.63. The van der Waals surface area contributed by atoms with E-state index in [0.29, 0.717) is 18.7 Å². The first-order valence-corrected chi connectivity index (χ1v) is 7.86. The van der Waals surface area contributed by atoms with Crippen LogP contribution in [-0.4, -0.2) is 35.8 Å². The van der Waals surface area contributed by atoms with E-state index in [9.17, 15) is 14.0 Å². The number of carbonyl (C=O) groups is 2. The second-order valence-corrected chi connectivity index (χ2v) is 6.27. The monoisotopic (exact) mass is 304 g/mol. The molecule has 1 aliphatic carbocycles. The first kappa shape index (κ1) is 15.0. The molecule has 1 saturated carbocycles. The van der Waals surface area contributed by atoms with Crippen molar-refractivity contribution in [3.8, 4) is 0 Å². The molecule has 2 fully saturated rings. The Morgan fingerprint density at radius 3 is 2.55 bits per heavy atom. The van der Waals surface area contributed by atoms with E-state index in [4.69, 9.17) is 0 Å². The van der Waals surface area contributed by atoms with Crippen LogP contribution in [0, 0.1) is 11.7 Å². The number of benzene rings is 1. The molecule has 2 amide bonds. The van der Waals surface area contributed by atoms with Crippen molar-refractivity contribution in [2.24, 2.45) is 5.92 Å². The predicted octanol–water partition coefficient (Wildman–Crippen LogP) is 2.06. The fourth-order valence-electron chi connectivity index (χ4n) is 3.35. The number of nitrogens with one attached hydrogen (secondary N) is 1. The molecule has 118 valence electrons. The second-order valence-electron chi connectivity index (χ2n) is 6.27. The van der Waals surface area contributed by atoms with Gasteiger partial charge < -0.3 is 10.2 Å². The van der Waals surface area contributed by atoms with Crippen LogP contribution >= 0.6 is 0 Å². The molecule has 0 bridgehead atoms. The summed E-state index contributed by atoms with van der Waals surface area (Å²) < 4.78 is 13.8. The Balaban J connectivity index is 1.54. The highest BCUT2D eigenvalue weighted by atomic mass is 19.1. The van der Waals surface area contributed by atoms with Gasteiger partial charge in [-0.3, -0.25) is 9.59 Å². The lowest BCUT2D eigenvalue weighted by molar-refractivity contribution is -0.133. The number of hydrogen-bond acceptors (Lipinski definition) is 2. The van der Waals surface area contributed by atoms with Crippen molar-refractivity contribution in [1.82, 2.24) is 10.2 Å². The van der Waals surface area contributed by atoms with Gasteiger partial charge >= 0.3 is 0 Å². The lowest BCUT2D eigenvalue weighted by atomic mass is 10.0. The van der Waals surface area contributed by atoms with Crippen LogP contribution in [-0.2, 0) is 9.59 Å². The molecule has 1 aromatic rings. The van der Waals surface area contributed by atoms with Crippen molar-refractivity contribution in [2.45, 2.75) is 38.1 Å². The molecular weight excluding hydrogens is 283 g/mol. The van der Waals surface area contributed by atoms with Gasteiger partial charge in [0.1, 0.15) is 5.82 Å². The minimum Gasteiger partial charge on any atom is -0.353 e. The van der Waals surface area contributed by atoms with Gasteiger partial charge in [-0.2, -0.15) is 0 Å². The van der Waals surface area contributed by atoms with Gasteiger partial charge in [0.25, 0.3) is 0 Å². The molecule has 2 aliphatic rings. The third kappa shape index (κ3) is 3.13. The molecular formula is C17H21FN2O2. The molecule has 1 saturated heterocycles. The van der Waals surface area contributed by atoms with Crippen molar-refractivity contribution in [2.75, 3.05) is 13.1 Å². The summed E-state index contributed by atoms with van der Waals surface area (Å²) in [6.07, 6.45) is 2.33. The number of halogens is 1. The first-order chi connectivity index (χ1) is 10.6. The van der Waals surface area contributed by atoms with E-state index < -0.39 is 0 Å². The summed E-state index contributed by atoms with van der Waals surface area (Å²) in [4.78, 5) is 25.4. The van der Waals surface area contributed by atoms with E-state index in [0.717, 1.165) is 19.3 Å². The fourth-order valence-corrected chi connectivity index (χ4v) is 3.35. The van der Waals surface area contributed by atoms with Gasteiger partial charge in [0.15, 0.2) is 0 Å². The van der Waals surface area contributed by atoms with Gasteiger partial charge in [-0.1, -0.05) is 18.2 Å². The number of likely N-dealkylation sites (tertiary alicyclic amines) is 1. The van der Waals surface area contributed by atoms with Crippen LogP contribution in [0.5, 0.6) is 0 Å². The Labute approximate surface area is 129 Å². The highest BCUT2D eigenvalue weighted by molar-refractivity contribution is 5.83. The van der Waals surface area contributed by atoms with E-state index >= 15 is 0 Å². The van der Waals surface area contributed by atoms with Gasteiger partial charge in [0.2, 0.25) is 11.8 Å². The van der Waals surface area contributed by atoms with Gasteiger partial charge in [-0.05, 0) is 36.8 Å². The van der Waals surface area contributed by atoms with Crippen molar-refractivity contribution in [3.63, 3.8) is 0 Å². The summed E-state index contributed by atoms with van der Waals surface area (Å²) in [5.74, 6) is -0.149. The average molecular weight is 304 g/mol. The molecule has 0 aromatic heterocycles. The Morgan fingerprint density at radius 1 is 1.23 bits per heavy atom. The number of piperidine rings is 1. The maximum Gasteiger partial charge on any atom is 0.226 e. The molecule has 1 heterocycles. The lowest BCUT2D eigenvalue weighted by Gasteiger charge is -2.32. The number of amides is 2. The molecule has 5 heteroatoms. The zero-order valence-corrected chi connectivity index (χ0v) is 12.7. The van der Waals surface area contributed by atoms with Crippen molar-refractivity contribution in [3.05, 3.63) is 35.6 Å². The normalized spacial score (nSPS) is 24.9. The Morgan fingerprint density at radius 2 is 1.91 bits per heavy atom. The number of carbonyl (C=O) groups excluding carboxylic acids is 2. The van der Waals surface area contributed by atoms with Crippen molar-refractivity contribution < 1.29 is 14.0 Å². The van der Waals surface area contributed by atoms with Crippen LogP contribution in [0.2, 0.25) is 0 Å². The van der Waals surface area contributed by atoms with Crippen LogP contribution in [0.4, 0.5) is 4.39 Å². The minimum absolute atomic E-state index is 0.0217. The standard InChI is InChI=1S/C17H21FN2O2/c1-11(21)19-12-6-8-20(9-7-12)17(22)15-10-14(15)13-4-2-3-5-16(13)18/h2-5,12,14-15H,6-10H2,1H3,(H,19,21)/t14-,15-/m1/s1. The number of rotatable bonds is 3. The largest absolute Gasteiger partial charge is 0.353 e. The molecule has 3 rings (SSSR count). The molecule has 4 nitrogen and oxygen atoms in total. The van der Waals surface area contributed by atoms with Crippen LogP contribution in [0.15, 0.2) is 24.3 Å². The average Bonchev–Trinajstić information content (AvgIpc) is 3.27. The van der Waals surface area contributed by atoms with E-state index in [1.54, 1.807) is 12.1 Å². The molecule has 0 spiro atoms. The first-order valence-electron chi connectivity index (χ1n) is 7.86. The topological polar surface area (TPSA) is 49.4 Å². The van der Waals surface area contributed by atoms with E-state index in [1.807, 2.05) is 11.0 Å². The van der Waals surface area contributed by atoms with E-state index in [-0.39, 0.29) is 35.5 Å². The van der Waals surface area contributed by atoms with Crippen LogP contribution in [0.25, 0.3) is 0 Å². The summed E-state index contributed by atoms with van der Waals surface area (Å²) in [7, 11) is 0. The number of hydrogen-bond donors (Lipinski definition) is 1. The van der Waals surface area contributed by atoms with Crippen molar-refractivity contribution in [1.29, 1.82) is 0 Å². The summed E-state index contributed by atoms with van der Waals surface area (Å²) in [5, 5.41) is 2.90. The molecule has 2 atom stereocenters. The molecule has 1 aromatic carbocycles. The SMILES string of the molecule is CC(=O)NC1CCN(C(=O)[C@@H]2C[C@@H]2c2ccccc2F)CC1. The number of nitrogens with zero attached hydrogens (tertiary/aromatic N) is 1. The van der Waals surface area contributed by atoms with E-state index in [1.165, 1.54) is 13.0 Å². The van der Waals surface area contributed by atoms with E-state index in [2.05, 4.69) is 5.32 Å². The molecule has 1 N–H and O–H groups in total. The Hall–Kier alpha value is -1.91. The predicted molar refractivity (Wildman–Crippen MR) is 80.7 cm³/mol. The molecule has 0 radical (unpaired) electrons. The maximum absolute atomic E-state index is 13.8. The van der Waals surface area contributed by atoms with Gasteiger partial charge in [0.05, 0.1) is 0 Å². The third-order valence-electron chi connectivity index (χ3n) is 4.63. The Bertz CT molecular complexity index is 582. The van der Waals surface area contributed by atoms with Gasteiger partial charge in [-0.25, -0.2) is 4.39 Å². The second kappa shape index (κ2) is 6.07. The van der Waals surface area contributed by atoms with Crippen LogP contribution < -0.4 is 5.32 Å². The molecule has 22 heavy (non-hydrogen) atoms. The highest BCUT2D eigenvalue weighted by Crippen LogP contribution is 2.49. The van der Waals surface area contributed by atoms with Crippen molar-refractivity contribution >= 4 is 11.8 Å². The summed E-state index contributed by atoms with van der Waals surface area (Å²) >= 11 is 0. The quantitative estimate of drug-likeness (QED) is 0.929. The zero-order chi connectivity index (χ0) is 15.7. The smallest absolute Gasteiger partial charge is 0.226 e.